The predicted molar refractivity (Wildman–Crippen MR) is 82.3 cm³/mol. The highest BCUT2D eigenvalue weighted by Gasteiger charge is 2.41. The van der Waals surface area contributed by atoms with E-state index in [0.29, 0.717) is 12.0 Å². The summed E-state index contributed by atoms with van der Waals surface area (Å²) in [6.07, 6.45) is -1.87. The van der Waals surface area contributed by atoms with Crippen LogP contribution < -0.4 is 11.2 Å². The van der Waals surface area contributed by atoms with Gasteiger partial charge in [-0.05, 0) is 12.1 Å². The van der Waals surface area contributed by atoms with E-state index >= 15 is 0 Å². The number of guanidine groups is 1. The van der Waals surface area contributed by atoms with Crippen molar-refractivity contribution < 1.29 is 22.0 Å². The second-order valence-corrected chi connectivity index (χ2v) is 5.15. The van der Waals surface area contributed by atoms with Gasteiger partial charge in [0.15, 0.2) is 0 Å². The number of nitrogens with one attached hydrogen (secondary N) is 2. The first-order valence-electron chi connectivity index (χ1n) is 6.74. The van der Waals surface area contributed by atoms with E-state index in [2.05, 4.69) is 10.5 Å². The van der Waals surface area contributed by atoms with Crippen molar-refractivity contribution in [1.82, 2.24) is 5.43 Å². The predicted octanol–water partition coefficient (Wildman–Crippen LogP) is 3.23. The molecule has 2 heterocycles. The lowest BCUT2D eigenvalue weighted by Crippen LogP contribution is -2.29. The number of nitrogens with two attached hydrogens (primary N) is 1. The van der Waals surface area contributed by atoms with Gasteiger partial charge in [-0.3, -0.25) is 5.41 Å². The maximum atomic E-state index is 13.1. The van der Waals surface area contributed by atoms with E-state index in [1.807, 2.05) is 0 Å². The standard InChI is InChI=1S/C14H13F3N4O2.ClH/c15-14(16,17)8-6-23-11-5-7(10-2-1-3-22-10)4-9(12(8)11)20-21-13(18)19;/h1-3,6-7H,4-5H2,(H4,18,19,21);1H/b20-9+;. The van der Waals surface area contributed by atoms with Gasteiger partial charge in [0.2, 0.25) is 5.96 Å². The summed E-state index contributed by atoms with van der Waals surface area (Å²) >= 11 is 0. The molecule has 0 fully saturated rings. The van der Waals surface area contributed by atoms with Gasteiger partial charge in [-0.1, -0.05) is 0 Å². The molecule has 1 aliphatic rings. The summed E-state index contributed by atoms with van der Waals surface area (Å²) < 4.78 is 49.8. The molecule has 0 bridgehead atoms. The SMILES string of the molecule is Cl.N=C(N)N/N=C1\CC(c2ccco2)Cc2occ(C(F)(F)F)c21. The molecule has 0 aliphatic heterocycles. The van der Waals surface area contributed by atoms with E-state index < -0.39 is 17.7 Å². The van der Waals surface area contributed by atoms with E-state index in [0.717, 1.165) is 0 Å². The Kier molecular flexibility index (Phi) is 4.93. The quantitative estimate of drug-likeness (QED) is 0.433. The highest BCUT2D eigenvalue weighted by molar-refractivity contribution is 6.04. The van der Waals surface area contributed by atoms with Crippen LogP contribution in [0.3, 0.4) is 0 Å². The molecule has 4 N–H and O–H groups in total. The van der Waals surface area contributed by atoms with Gasteiger partial charge >= 0.3 is 6.18 Å². The number of fused-ring (bicyclic) bond motifs is 1. The van der Waals surface area contributed by atoms with Gasteiger partial charge in [0.05, 0.1) is 17.5 Å². The molecule has 1 atom stereocenters. The topological polar surface area (TPSA) is 101 Å². The Labute approximate surface area is 140 Å². The van der Waals surface area contributed by atoms with Crippen molar-refractivity contribution in [3.63, 3.8) is 0 Å². The number of halogens is 4. The lowest BCUT2D eigenvalue weighted by atomic mass is 9.84. The van der Waals surface area contributed by atoms with Gasteiger partial charge < -0.3 is 14.6 Å². The zero-order valence-corrected chi connectivity index (χ0v) is 13.0. The Bertz CT molecular complexity index is 753. The highest BCUT2D eigenvalue weighted by atomic mass is 35.5. The lowest BCUT2D eigenvalue weighted by molar-refractivity contribution is -0.138. The number of furan rings is 2. The van der Waals surface area contributed by atoms with Crippen LogP contribution in [0.15, 0.2) is 38.6 Å². The van der Waals surface area contributed by atoms with Crippen LogP contribution >= 0.6 is 12.4 Å². The zero-order valence-electron chi connectivity index (χ0n) is 12.2. The van der Waals surface area contributed by atoms with E-state index in [1.54, 1.807) is 12.1 Å². The van der Waals surface area contributed by atoms with Gasteiger partial charge in [0.1, 0.15) is 23.3 Å². The van der Waals surface area contributed by atoms with Crippen LogP contribution in [0.5, 0.6) is 0 Å². The molecule has 24 heavy (non-hydrogen) atoms. The number of hydrogen-bond donors (Lipinski definition) is 3. The van der Waals surface area contributed by atoms with Crippen LogP contribution in [-0.4, -0.2) is 11.7 Å². The largest absolute Gasteiger partial charge is 0.469 e. The fourth-order valence-corrected chi connectivity index (χ4v) is 2.66. The molecular weight excluding hydrogens is 349 g/mol. The fraction of sp³-hybridized carbons (Fsp3) is 0.286. The lowest BCUT2D eigenvalue weighted by Gasteiger charge is -2.22. The van der Waals surface area contributed by atoms with Gasteiger partial charge in [0.25, 0.3) is 0 Å². The second kappa shape index (κ2) is 6.60. The molecule has 2 aromatic heterocycles. The zero-order chi connectivity index (χ0) is 16.6. The Balaban J connectivity index is 0.00000208. The van der Waals surface area contributed by atoms with Crippen molar-refractivity contribution in [3.8, 4) is 0 Å². The molecule has 0 amide bonds. The Hall–Kier alpha value is -2.42. The summed E-state index contributed by atoms with van der Waals surface area (Å²) in [6, 6.07) is 3.46. The van der Waals surface area contributed by atoms with Gasteiger partial charge in [-0.15, -0.1) is 12.4 Å². The molecule has 3 rings (SSSR count). The normalized spacial score (nSPS) is 18.8. The minimum Gasteiger partial charge on any atom is -0.469 e. The Morgan fingerprint density at radius 1 is 1.33 bits per heavy atom. The maximum Gasteiger partial charge on any atom is 0.420 e. The van der Waals surface area contributed by atoms with Crippen LogP contribution in [0.25, 0.3) is 0 Å². The number of rotatable bonds is 2. The van der Waals surface area contributed by atoms with Gasteiger partial charge in [-0.25, -0.2) is 5.43 Å². The summed E-state index contributed by atoms with van der Waals surface area (Å²) in [4.78, 5) is 0. The Morgan fingerprint density at radius 3 is 2.67 bits per heavy atom. The first kappa shape index (κ1) is 17.9. The molecule has 1 aliphatic carbocycles. The monoisotopic (exact) mass is 362 g/mol. The maximum absolute atomic E-state index is 13.1. The third-order valence-corrected chi connectivity index (χ3v) is 3.59. The van der Waals surface area contributed by atoms with E-state index in [4.69, 9.17) is 20.0 Å². The smallest absolute Gasteiger partial charge is 0.420 e. The molecule has 6 nitrogen and oxygen atoms in total. The van der Waals surface area contributed by atoms with E-state index in [9.17, 15) is 13.2 Å². The average Bonchev–Trinajstić information content (AvgIpc) is 3.12. The van der Waals surface area contributed by atoms with Crippen LogP contribution in [0, 0.1) is 5.41 Å². The molecule has 2 aromatic rings. The van der Waals surface area contributed by atoms with Crippen molar-refractivity contribution in [1.29, 1.82) is 5.41 Å². The summed E-state index contributed by atoms with van der Waals surface area (Å²) in [6.45, 7) is 0. The molecule has 10 heteroatoms. The van der Waals surface area contributed by atoms with Crippen molar-refractivity contribution in [2.75, 3.05) is 0 Å². The minimum absolute atomic E-state index is 0. The molecule has 0 saturated heterocycles. The Morgan fingerprint density at radius 2 is 2.08 bits per heavy atom. The highest BCUT2D eigenvalue weighted by Crippen LogP contribution is 2.41. The van der Waals surface area contributed by atoms with Crippen LogP contribution in [-0.2, 0) is 12.6 Å². The van der Waals surface area contributed by atoms with Crippen LogP contribution in [0.4, 0.5) is 13.2 Å². The van der Waals surface area contributed by atoms with Crippen molar-refractivity contribution in [3.05, 3.63) is 47.3 Å². The number of nitrogens with zero attached hydrogens (tertiary/aromatic N) is 1. The first-order chi connectivity index (χ1) is 10.9. The summed E-state index contributed by atoms with van der Waals surface area (Å²) in [5.41, 5.74) is 6.52. The summed E-state index contributed by atoms with van der Waals surface area (Å²) in [7, 11) is 0. The molecule has 0 spiro atoms. The third-order valence-electron chi connectivity index (χ3n) is 3.59. The van der Waals surface area contributed by atoms with Crippen molar-refractivity contribution >= 4 is 24.1 Å². The second-order valence-electron chi connectivity index (χ2n) is 5.15. The summed E-state index contributed by atoms with van der Waals surface area (Å²) in [5.74, 6) is 0.165. The van der Waals surface area contributed by atoms with E-state index in [-0.39, 0.29) is 48.2 Å². The van der Waals surface area contributed by atoms with Crippen molar-refractivity contribution in [2.45, 2.75) is 24.9 Å². The average molecular weight is 363 g/mol. The molecular formula is C14H14ClF3N4O2. The van der Waals surface area contributed by atoms with Gasteiger partial charge in [0, 0.05) is 18.8 Å². The molecule has 1 unspecified atom stereocenters. The first-order valence-corrected chi connectivity index (χ1v) is 6.74. The van der Waals surface area contributed by atoms with Crippen LogP contribution in [0.2, 0.25) is 0 Å². The molecule has 0 radical (unpaired) electrons. The molecule has 0 saturated carbocycles. The van der Waals surface area contributed by atoms with Gasteiger partial charge in [-0.2, -0.15) is 18.3 Å². The number of hydrazone groups is 1. The third kappa shape index (κ3) is 3.40. The van der Waals surface area contributed by atoms with Crippen molar-refractivity contribution in [2.24, 2.45) is 10.8 Å². The molecule has 0 aromatic carbocycles. The minimum atomic E-state index is -4.55. The van der Waals surface area contributed by atoms with Crippen LogP contribution in [0.1, 0.15) is 35.0 Å². The number of alkyl halides is 3. The summed E-state index contributed by atoms with van der Waals surface area (Å²) in [5, 5.41) is 11.0. The number of hydrogen-bond acceptors (Lipinski definition) is 4. The van der Waals surface area contributed by atoms with E-state index in [1.165, 1.54) is 6.26 Å². The molecule has 130 valence electrons. The fourth-order valence-electron chi connectivity index (χ4n) is 2.66.